The second-order valence-corrected chi connectivity index (χ2v) is 7.26. The molecule has 2 aromatic heterocycles. The number of aryl methyl sites for hydroxylation is 1. The van der Waals surface area contributed by atoms with Gasteiger partial charge in [0.05, 0.1) is 6.54 Å². The Morgan fingerprint density at radius 3 is 2.26 bits per heavy atom. The normalized spacial score (nSPS) is 12.0. The summed E-state index contributed by atoms with van der Waals surface area (Å²) in [5.74, 6) is 0.652. The van der Waals surface area contributed by atoms with Gasteiger partial charge in [-0.3, -0.25) is 0 Å². The fourth-order valence-corrected chi connectivity index (χ4v) is 4.72. The van der Waals surface area contributed by atoms with E-state index in [2.05, 4.69) is 36.0 Å². The number of H-pyrrole nitrogens is 1. The summed E-state index contributed by atoms with van der Waals surface area (Å²) in [5.41, 5.74) is 0. The molecule has 0 atom stereocenters. The molecule has 23 heavy (non-hydrogen) atoms. The molecule has 12 heteroatoms. The maximum absolute atomic E-state index is 5.81. The quantitative estimate of drug-likeness (QED) is 0.573. The predicted octanol–water partition coefficient (Wildman–Crippen LogP) is 0.292. The summed E-state index contributed by atoms with van der Waals surface area (Å²) >= 11 is 0. The zero-order valence-corrected chi connectivity index (χ0v) is 14.6. The highest BCUT2D eigenvalue weighted by Gasteiger charge is 2.39. The summed E-state index contributed by atoms with van der Waals surface area (Å²) in [7, 11) is -2.62. The molecule has 0 aliphatic rings. The molecule has 0 aliphatic carbocycles. The minimum atomic E-state index is -2.62. The van der Waals surface area contributed by atoms with Gasteiger partial charge >= 0.3 is 8.80 Å². The molecule has 2 heterocycles. The minimum absolute atomic E-state index is 0.318. The Morgan fingerprint density at radius 1 is 1.00 bits per heavy atom. The molecule has 11 nitrogen and oxygen atoms in total. The summed E-state index contributed by atoms with van der Waals surface area (Å²) in [4.78, 5) is 1.49. The zero-order chi connectivity index (χ0) is 16.5. The van der Waals surface area contributed by atoms with Gasteiger partial charge in [-0.2, -0.15) is 10.0 Å². The second kappa shape index (κ2) is 8.76. The third-order valence-electron chi connectivity index (χ3n) is 2.93. The van der Waals surface area contributed by atoms with Crippen molar-refractivity contribution in [3.8, 4) is 11.6 Å². The van der Waals surface area contributed by atoms with Gasteiger partial charge in [-0.1, -0.05) is 0 Å². The van der Waals surface area contributed by atoms with E-state index in [0.29, 0.717) is 44.1 Å². The van der Waals surface area contributed by atoms with Gasteiger partial charge in [-0.25, -0.2) is 0 Å². The molecular formula is C11H22N8O3Si. The van der Waals surface area contributed by atoms with Gasteiger partial charge < -0.3 is 13.3 Å². The van der Waals surface area contributed by atoms with Crippen LogP contribution in [0.15, 0.2) is 0 Å². The number of aromatic amines is 1. The number of rotatable bonds is 11. The average Bonchev–Trinajstić information content (AvgIpc) is 3.19. The molecule has 128 valence electrons. The van der Waals surface area contributed by atoms with Crippen molar-refractivity contribution >= 4 is 8.80 Å². The van der Waals surface area contributed by atoms with Gasteiger partial charge in [0.1, 0.15) is 0 Å². The predicted molar refractivity (Wildman–Crippen MR) is 81.0 cm³/mol. The first-order valence-electron chi connectivity index (χ1n) is 7.66. The lowest BCUT2D eigenvalue weighted by molar-refractivity contribution is 0.0703. The Labute approximate surface area is 135 Å². The Hall–Kier alpha value is -1.76. The Bertz CT molecular complexity index is 546. The van der Waals surface area contributed by atoms with Crippen LogP contribution in [0.25, 0.3) is 11.6 Å². The molecule has 0 aliphatic heterocycles. The van der Waals surface area contributed by atoms with Crippen LogP contribution in [0.4, 0.5) is 0 Å². The van der Waals surface area contributed by atoms with Crippen molar-refractivity contribution in [2.24, 2.45) is 0 Å². The Balaban J connectivity index is 1.91. The lowest BCUT2D eigenvalue weighted by atomic mass is 10.5. The molecule has 2 rings (SSSR count). The SMILES string of the molecule is CCO[Si](CCCn1nnc(-c2nn[nH]n2)n1)(OCC)OCC. The fourth-order valence-electron chi connectivity index (χ4n) is 2.12. The van der Waals surface area contributed by atoms with E-state index < -0.39 is 8.80 Å². The number of nitrogens with one attached hydrogen (secondary N) is 1. The molecule has 0 saturated carbocycles. The standard InChI is InChI=1S/C11H22N8O3Si/c1-4-20-23(21-5-2,22-6-3)9-7-8-19-15-11(14-18-19)10-12-16-17-13-10/h4-9H2,1-3H3,(H,12,13,16,17). The first kappa shape index (κ1) is 17.6. The van der Waals surface area contributed by atoms with E-state index in [1.54, 1.807) is 0 Å². The van der Waals surface area contributed by atoms with E-state index in [1.807, 2.05) is 20.8 Å². The smallest absolute Gasteiger partial charge is 0.374 e. The number of hydrogen-bond acceptors (Lipinski definition) is 9. The number of aromatic nitrogens is 8. The van der Waals surface area contributed by atoms with Crippen LogP contribution < -0.4 is 0 Å². The third-order valence-corrected chi connectivity index (χ3v) is 6.08. The van der Waals surface area contributed by atoms with Crippen LogP contribution in [0.3, 0.4) is 0 Å². The van der Waals surface area contributed by atoms with Gasteiger partial charge in [-0.15, -0.1) is 20.4 Å². The van der Waals surface area contributed by atoms with Crippen molar-refractivity contribution in [2.45, 2.75) is 39.8 Å². The van der Waals surface area contributed by atoms with Crippen LogP contribution in [0.1, 0.15) is 27.2 Å². The molecule has 2 aromatic rings. The van der Waals surface area contributed by atoms with Gasteiger partial charge in [0.25, 0.3) is 0 Å². The molecule has 1 N–H and O–H groups in total. The van der Waals surface area contributed by atoms with Crippen molar-refractivity contribution < 1.29 is 13.3 Å². The van der Waals surface area contributed by atoms with Crippen LogP contribution in [0.2, 0.25) is 6.04 Å². The van der Waals surface area contributed by atoms with Crippen LogP contribution in [0.5, 0.6) is 0 Å². The molecular weight excluding hydrogens is 320 g/mol. The van der Waals surface area contributed by atoms with Gasteiger partial charge in [0.15, 0.2) is 0 Å². The van der Waals surface area contributed by atoms with Crippen LogP contribution >= 0.6 is 0 Å². The molecule has 0 unspecified atom stereocenters. The van der Waals surface area contributed by atoms with E-state index in [9.17, 15) is 0 Å². The van der Waals surface area contributed by atoms with Crippen molar-refractivity contribution in [3.63, 3.8) is 0 Å². The molecule has 0 spiro atoms. The van der Waals surface area contributed by atoms with Crippen LogP contribution in [0, 0.1) is 0 Å². The van der Waals surface area contributed by atoms with E-state index in [1.165, 1.54) is 4.80 Å². The molecule has 0 fully saturated rings. The Morgan fingerprint density at radius 2 is 1.70 bits per heavy atom. The topological polar surface area (TPSA) is 126 Å². The minimum Gasteiger partial charge on any atom is -0.374 e. The fraction of sp³-hybridized carbons (Fsp3) is 0.818. The first-order valence-corrected chi connectivity index (χ1v) is 9.59. The van der Waals surface area contributed by atoms with Crippen molar-refractivity contribution in [3.05, 3.63) is 0 Å². The number of nitrogens with zero attached hydrogens (tertiary/aromatic N) is 7. The molecule has 0 radical (unpaired) electrons. The monoisotopic (exact) mass is 342 g/mol. The molecule has 0 amide bonds. The van der Waals surface area contributed by atoms with Gasteiger partial charge in [0, 0.05) is 25.9 Å². The summed E-state index contributed by atoms with van der Waals surface area (Å²) in [6.45, 7) is 8.09. The summed E-state index contributed by atoms with van der Waals surface area (Å²) in [6, 6.07) is 0.696. The average molecular weight is 342 g/mol. The highest BCUT2D eigenvalue weighted by Crippen LogP contribution is 2.18. The zero-order valence-electron chi connectivity index (χ0n) is 13.6. The summed E-state index contributed by atoms with van der Waals surface area (Å²) in [5, 5.41) is 25.5. The largest absolute Gasteiger partial charge is 0.500 e. The number of hydrogen-bond donors (Lipinski definition) is 1. The van der Waals surface area contributed by atoms with Crippen molar-refractivity contribution in [1.82, 2.24) is 40.8 Å². The van der Waals surface area contributed by atoms with E-state index in [0.717, 1.165) is 6.42 Å². The first-order chi connectivity index (χ1) is 11.2. The Kier molecular flexibility index (Phi) is 6.70. The molecule has 0 saturated heterocycles. The van der Waals surface area contributed by atoms with E-state index >= 15 is 0 Å². The van der Waals surface area contributed by atoms with Gasteiger partial charge in [-0.05, 0) is 37.6 Å². The van der Waals surface area contributed by atoms with Crippen LogP contribution in [-0.4, -0.2) is 69.5 Å². The maximum atomic E-state index is 5.81. The highest BCUT2D eigenvalue weighted by atomic mass is 28.4. The van der Waals surface area contributed by atoms with E-state index in [-0.39, 0.29) is 0 Å². The highest BCUT2D eigenvalue weighted by molar-refractivity contribution is 6.60. The maximum Gasteiger partial charge on any atom is 0.500 e. The molecule has 0 aromatic carbocycles. The van der Waals surface area contributed by atoms with Crippen molar-refractivity contribution in [1.29, 1.82) is 0 Å². The lowest BCUT2D eigenvalue weighted by Crippen LogP contribution is -2.46. The number of tetrazole rings is 2. The van der Waals surface area contributed by atoms with Crippen LogP contribution in [-0.2, 0) is 19.8 Å². The lowest BCUT2D eigenvalue weighted by Gasteiger charge is -2.28. The summed E-state index contributed by atoms with van der Waals surface area (Å²) < 4.78 is 17.4. The molecule has 0 bridgehead atoms. The van der Waals surface area contributed by atoms with Gasteiger partial charge in [0.2, 0.25) is 11.6 Å². The second-order valence-electron chi connectivity index (χ2n) is 4.53. The third kappa shape index (κ3) is 4.85. The van der Waals surface area contributed by atoms with E-state index in [4.69, 9.17) is 13.3 Å². The summed E-state index contributed by atoms with van der Waals surface area (Å²) in [6.07, 6.45) is 0.758. The van der Waals surface area contributed by atoms with Crippen molar-refractivity contribution in [2.75, 3.05) is 19.8 Å².